The Hall–Kier alpha value is -1.03. The molecule has 0 aliphatic heterocycles. The zero-order valence-corrected chi connectivity index (χ0v) is 10.9. The lowest BCUT2D eigenvalue weighted by atomic mass is 10.4. The maximum absolute atomic E-state index is 11.8. The van der Waals surface area contributed by atoms with Crippen molar-refractivity contribution < 1.29 is 23.4 Å². The highest BCUT2D eigenvalue weighted by Gasteiger charge is 2.29. The Kier molecular flexibility index (Phi) is 3.66. The van der Waals surface area contributed by atoms with E-state index >= 15 is 0 Å². The molecule has 100 valence electrons. The highest BCUT2D eigenvalue weighted by molar-refractivity contribution is 7.91. The lowest BCUT2D eigenvalue weighted by Gasteiger charge is -2.06. The molecule has 3 N–H and O–H groups in total. The van der Waals surface area contributed by atoms with Gasteiger partial charge in [0.15, 0.2) is 10.3 Å². The van der Waals surface area contributed by atoms with Crippen molar-refractivity contribution in [2.75, 3.05) is 6.54 Å². The van der Waals surface area contributed by atoms with Crippen LogP contribution in [0.3, 0.4) is 0 Å². The Bertz CT molecular complexity index is 549. The van der Waals surface area contributed by atoms with Gasteiger partial charge in [0.1, 0.15) is 0 Å². The normalized spacial score (nSPS) is 17.6. The number of thiazole rings is 1. The predicted molar refractivity (Wildman–Crippen MR) is 62.9 cm³/mol. The summed E-state index contributed by atoms with van der Waals surface area (Å²) in [6, 6.07) is 0. The van der Waals surface area contributed by atoms with Crippen LogP contribution in [0.15, 0.2) is 10.4 Å². The van der Waals surface area contributed by atoms with Crippen molar-refractivity contribution in [3.8, 4) is 0 Å². The van der Waals surface area contributed by atoms with E-state index in [0.29, 0.717) is 5.92 Å². The number of nitrogens with one attached hydrogen (secondary N) is 1. The Balaban J connectivity index is 2.02. The second kappa shape index (κ2) is 4.92. The van der Waals surface area contributed by atoms with Gasteiger partial charge in [-0.25, -0.2) is 22.9 Å². The standard InChI is InChI=1S/C9H12N2O5S2/c12-6(9(13)14)3-11-18(15,16)7-4-10-8(17-7)5-1-2-5/h4-6,11-12H,1-3H2,(H,13,14)/t6-/m0/s1. The van der Waals surface area contributed by atoms with Crippen molar-refractivity contribution in [1.29, 1.82) is 0 Å². The number of aromatic nitrogens is 1. The molecule has 1 saturated carbocycles. The second-order valence-electron chi connectivity index (χ2n) is 4.00. The summed E-state index contributed by atoms with van der Waals surface area (Å²) in [5.74, 6) is -1.11. The third-order valence-corrected chi connectivity index (χ3v) is 5.49. The second-order valence-corrected chi connectivity index (χ2v) is 7.05. The van der Waals surface area contributed by atoms with Crippen LogP contribution in [0.5, 0.6) is 0 Å². The summed E-state index contributed by atoms with van der Waals surface area (Å²) in [7, 11) is -3.79. The van der Waals surface area contributed by atoms with Crippen LogP contribution >= 0.6 is 11.3 Å². The fourth-order valence-electron chi connectivity index (χ4n) is 1.26. The smallest absolute Gasteiger partial charge is 0.333 e. The molecular weight excluding hydrogens is 280 g/mol. The van der Waals surface area contributed by atoms with Gasteiger partial charge in [0.05, 0.1) is 11.2 Å². The number of carboxylic acids is 1. The summed E-state index contributed by atoms with van der Waals surface area (Å²) in [6.45, 7) is -0.561. The molecule has 1 aliphatic rings. The number of carbonyl (C=O) groups is 1. The van der Waals surface area contributed by atoms with Crippen LogP contribution < -0.4 is 4.72 Å². The fourth-order valence-corrected chi connectivity index (χ4v) is 3.66. The Morgan fingerprint density at radius 3 is 2.83 bits per heavy atom. The number of aliphatic carboxylic acids is 1. The molecule has 0 saturated heterocycles. The van der Waals surface area contributed by atoms with Crippen molar-refractivity contribution in [3.63, 3.8) is 0 Å². The van der Waals surface area contributed by atoms with Crippen LogP contribution in [0.2, 0.25) is 0 Å². The summed E-state index contributed by atoms with van der Waals surface area (Å²) < 4.78 is 25.6. The summed E-state index contributed by atoms with van der Waals surface area (Å²) >= 11 is 1.08. The molecule has 0 unspecified atom stereocenters. The van der Waals surface area contributed by atoms with E-state index in [1.807, 2.05) is 4.72 Å². The first kappa shape index (κ1) is 13.4. The summed E-state index contributed by atoms with van der Waals surface area (Å²) in [4.78, 5) is 14.4. The SMILES string of the molecule is O=C(O)[C@@H](O)CNS(=O)(=O)c1cnc(C2CC2)s1. The molecule has 1 aromatic heterocycles. The monoisotopic (exact) mass is 292 g/mol. The van der Waals surface area contributed by atoms with Crippen LogP contribution in [0.1, 0.15) is 23.8 Å². The largest absolute Gasteiger partial charge is 0.479 e. The topological polar surface area (TPSA) is 117 Å². The van der Waals surface area contributed by atoms with Gasteiger partial charge < -0.3 is 10.2 Å². The number of sulfonamides is 1. The zero-order chi connectivity index (χ0) is 13.3. The molecule has 2 rings (SSSR count). The van der Waals surface area contributed by atoms with Gasteiger partial charge in [-0.2, -0.15) is 0 Å². The molecular formula is C9H12N2O5S2. The van der Waals surface area contributed by atoms with Crippen molar-refractivity contribution in [1.82, 2.24) is 9.71 Å². The molecule has 1 fully saturated rings. The quantitative estimate of drug-likeness (QED) is 0.665. The average molecular weight is 292 g/mol. The lowest BCUT2D eigenvalue weighted by molar-refractivity contribution is -0.146. The first-order valence-electron chi connectivity index (χ1n) is 5.26. The van der Waals surface area contributed by atoms with E-state index in [1.165, 1.54) is 6.20 Å². The first-order chi connectivity index (χ1) is 8.40. The summed E-state index contributed by atoms with van der Waals surface area (Å²) in [5.41, 5.74) is 0. The number of nitrogens with zero attached hydrogens (tertiary/aromatic N) is 1. The minimum Gasteiger partial charge on any atom is -0.479 e. The molecule has 0 amide bonds. The third kappa shape index (κ3) is 3.05. The van der Waals surface area contributed by atoms with Crippen molar-refractivity contribution >= 4 is 27.3 Å². The van der Waals surface area contributed by atoms with Crippen LogP contribution in [-0.2, 0) is 14.8 Å². The Morgan fingerprint density at radius 1 is 1.61 bits per heavy atom. The van der Waals surface area contributed by atoms with Crippen LogP contribution in [0, 0.1) is 0 Å². The van der Waals surface area contributed by atoms with Gasteiger partial charge in [-0.1, -0.05) is 0 Å². The van der Waals surface area contributed by atoms with Gasteiger partial charge in [0.2, 0.25) is 0 Å². The minimum atomic E-state index is -3.79. The van der Waals surface area contributed by atoms with E-state index in [0.717, 1.165) is 29.2 Å². The third-order valence-electron chi connectivity index (χ3n) is 2.45. The van der Waals surface area contributed by atoms with Crippen molar-refractivity contribution in [2.45, 2.75) is 29.1 Å². The van der Waals surface area contributed by atoms with E-state index in [-0.39, 0.29) is 4.21 Å². The lowest BCUT2D eigenvalue weighted by Crippen LogP contribution is -2.36. The molecule has 18 heavy (non-hydrogen) atoms. The van der Waals surface area contributed by atoms with Crippen molar-refractivity contribution in [3.05, 3.63) is 11.2 Å². The predicted octanol–water partition coefficient (Wildman–Crippen LogP) is -0.256. The molecule has 1 aliphatic carbocycles. The highest BCUT2D eigenvalue weighted by atomic mass is 32.2. The summed E-state index contributed by atoms with van der Waals surface area (Å²) in [5, 5.41) is 18.2. The summed E-state index contributed by atoms with van der Waals surface area (Å²) in [6.07, 6.45) is 1.56. The van der Waals surface area contributed by atoms with E-state index < -0.39 is 28.6 Å². The van der Waals surface area contributed by atoms with E-state index in [2.05, 4.69) is 4.98 Å². The minimum absolute atomic E-state index is 0.0435. The van der Waals surface area contributed by atoms with Crippen molar-refractivity contribution in [2.24, 2.45) is 0 Å². The van der Waals surface area contributed by atoms with Gasteiger partial charge in [0.25, 0.3) is 10.0 Å². The molecule has 0 bridgehead atoms. The number of aliphatic hydroxyl groups is 1. The number of hydrogen-bond donors (Lipinski definition) is 3. The molecule has 0 spiro atoms. The Morgan fingerprint density at radius 2 is 2.28 bits per heavy atom. The molecule has 1 heterocycles. The average Bonchev–Trinajstić information content (AvgIpc) is 3.03. The first-order valence-corrected chi connectivity index (χ1v) is 7.56. The molecule has 1 atom stereocenters. The van der Waals surface area contributed by atoms with Crippen LogP contribution in [0.4, 0.5) is 0 Å². The van der Waals surface area contributed by atoms with Gasteiger partial charge in [-0.05, 0) is 12.8 Å². The number of rotatable bonds is 6. The van der Waals surface area contributed by atoms with Gasteiger partial charge in [-0.3, -0.25) is 0 Å². The molecule has 1 aromatic rings. The number of carboxylic acid groups (broad SMARTS) is 1. The Labute approximate surface area is 108 Å². The van der Waals surface area contributed by atoms with E-state index in [4.69, 9.17) is 10.2 Å². The molecule has 9 heteroatoms. The molecule has 0 aromatic carbocycles. The maximum atomic E-state index is 11.8. The van der Waals surface area contributed by atoms with Gasteiger partial charge in [-0.15, -0.1) is 11.3 Å². The van der Waals surface area contributed by atoms with E-state index in [1.54, 1.807) is 0 Å². The van der Waals surface area contributed by atoms with Crippen LogP contribution in [-0.4, -0.2) is 42.2 Å². The molecule has 7 nitrogen and oxygen atoms in total. The number of hydrogen-bond acceptors (Lipinski definition) is 6. The van der Waals surface area contributed by atoms with Crippen LogP contribution in [0.25, 0.3) is 0 Å². The van der Waals surface area contributed by atoms with E-state index in [9.17, 15) is 13.2 Å². The molecule has 0 radical (unpaired) electrons. The van der Waals surface area contributed by atoms with Gasteiger partial charge in [0, 0.05) is 12.5 Å². The fraction of sp³-hybridized carbons (Fsp3) is 0.556. The highest BCUT2D eigenvalue weighted by Crippen LogP contribution is 2.42. The maximum Gasteiger partial charge on any atom is 0.333 e. The van der Waals surface area contributed by atoms with Gasteiger partial charge >= 0.3 is 5.97 Å². The number of aliphatic hydroxyl groups excluding tert-OH is 1. The zero-order valence-electron chi connectivity index (χ0n) is 9.24.